The summed E-state index contributed by atoms with van der Waals surface area (Å²) >= 11 is 0. The standard InChI is InChI=1S/C25H50N2/c1-6-9-10-11-12-22(8-3)20-27(5)24-13-15-25(16-14-24)17-23(18-25)19-26-21(4)7-2/h21-24,26H,6-20H2,1-5H3. The SMILES string of the molecule is CCCCCCC(CC)CN(C)C1CCC2(CC1)CC(CNC(C)CC)C2. The Hall–Kier alpha value is -0.0800. The average Bonchev–Trinajstić information content (AvgIpc) is 2.66. The molecule has 2 aliphatic carbocycles. The van der Waals surface area contributed by atoms with E-state index in [0.717, 1.165) is 23.3 Å². The van der Waals surface area contributed by atoms with Gasteiger partial charge in [-0.1, -0.05) is 52.9 Å². The highest BCUT2D eigenvalue weighted by Gasteiger charge is 2.46. The number of hydrogen-bond donors (Lipinski definition) is 1. The van der Waals surface area contributed by atoms with Gasteiger partial charge in [0.1, 0.15) is 0 Å². The van der Waals surface area contributed by atoms with E-state index in [1.54, 1.807) is 0 Å². The van der Waals surface area contributed by atoms with Gasteiger partial charge in [-0.3, -0.25) is 0 Å². The molecule has 2 heteroatoms. The molecule has 2 unspecified atom stereocenters. The third kappa shape index (κ3) is 7.35. The van der Waals surface area contributed by atoms with Crippen LogP contribution in [-0.4, -0.2) is 37.1 Å². The molecule has 0 bridgehead atoms. The second kappa shape index (κ2) is 11.8. The minimum Gasteiger partial charge on any atom is -0.314 e. The molecule has 0 aromatic rings. The molecule has 0 radical (unpaired) electrons. The monoisotopic (exact) mass is 378 g/mol. The first-order chi connectivity index (χ1) is 13.0. The normalized spacial score (nSPS) is 30.4. The van der Waals surface area contributed by atoms with Crippen LogP contribution in [0.2, 0.25) is 0 Å². The van der Waals surface area contributed by atoms with Crippen molar-refractivity contribution in [2.75, 3.05) is 20.1 Å². The number of hydrogen-bond acceptors (Lipinski definition) is 2. The van der Waals surface area contributed by atoms with Crippen LogP contribution in [0.3, 0.4) is 0 Å². The zero-order valence-corrected chi connectivity index (χ0v) is 19.4. The summed E-state index contributed by atoms with van der Waals surface area (Å²) in [5, 5.41) is 3.73. The molecule has 1 spiro atoms. The van der Waals surface area contributed by atoms with Crippen molar-refractivity contribution < 1.29 is 0 Å². The molecule has 0 aromatic heterocycles. The summed E-state index contributed by atoms with van der Waals surface area (Å²) in [5.41, 5.74) is 0.740. The van der Waals surface area contributed by atoms with Gasteiger partial charge in [0.15, 0.2) is 0 Å². The smallest absolute Gasteiger partial charge is 0.00927 e. The predicted octanol–water partition coefficient (Wildman–Crippen LogP) is 6.64. The fourth-order valence-corrected chi connectivity index (χ4v) is 5.73. The first-order valence-corrected chi connectivity index (χ1v) is 12.5. The van der Waals surface area contributed by atoms with Crippen LogP contribution < -0.4 is 5.32 Å². The van der Waals surface area contributed by atoms with Crippen LogP contribution in [0, 0.1) is 17.3 Å². The zero-order valence-electron chi connectivity index (χ0n) is 19.4. The molecule has 0 heterocycles. The molecule has 0 aliphatic heterocycles. The van der Waals surface area contributed by atoms with Crippen LogP contribution in [0.25, 0.3) is 0 Å². The minimum absolute atomic E-state index is 0.694. The molecule has 160 valence electrons. The first kappa shape index (κ1) is 23.2. The fraction of sp³-hybridized carbons (Fsp3) is 1.00. The van der Waals surface area contributed by atoms with Gasteiger partial charge in [0.05, 0.1) is 0 Å². The average molecular weight is 379 g/mol. The fourth-order valence-electron chi connectivity index (χ4n) is 5.73. The van der Waals surface area contributed by atoms with Crippen molar-refractivity contribution >= 4 is 0 Å². The van der Waals surface area contributed by atoms with Gasteiger partial charge in [0.2, 0.25) is 0 Å². The third-order valence-electron chi connectivity index (χ3n) is 8.04. The molecule has 0 saturated heterocycles. The van der Waals surface area contributed by atoms with E-state index in [2.05, 4.69) is 45.0 Å². The quantitative estimate of drug-likeness (QED) is 0.361. The van der Waals surface area contributed by atoms with E-state index < -0.39 is 0 Å². The Kier molecular flexibility index (Phi) is 10.1. The summed E-state index contributed by atoms with van der Waals surface area (Å²) in [6, 6.07) is 1.55. The van der Waals surface area contributed by atoms with Gasteiger partial charge < -0.3 is 10.2 Å². The molecule has 2 saturated carbocycles. The van der Waals surface area contributed by atoms with Crippen molar-refractivity contribution in [2.24, 2.45) is 17.3 Å². The highest BCUT2D eigenvalue weighted by atomic mass is 15.1. The maximum Gasteiger partial charge on any atom is 0.00927 e. The number of nitrogens with one attached hydrogen (secondary N) is 1. The van der Waals surface area contributed by atoms with Crippen molar-refractivity contribution in [1.29, 1.82) is 0 Å². The summed E-state index contributed by atoms with van der Waals surface area (Å²) in [5.74, 6) is 1.88. The second-order valence-electron chi connectivity index (χ2n) is 10.3. The van der Waals surface area contributed by atoms with E-state index >= 15 is 0 Å². The maximum absolute atomic E-state index is 3.73. The van der Waals surface area contributed by atoms with E-state index in [0.29, 0.717) is 6.04 Å². The van der Waals surface area contributed by atoms with E-state index in [1.807, 2.05) is 0 Å². The molecule has 2 nitrogen and oxygen atoms in total. The van der Waals surface area contributed by atoms with Gasteiger partial charge in [-0.05, 0) is 89.1 Å². The van der Waals surface area contributed by atoms with Crippen molar-refractivity contribution in [3.8, 4) is 0 Å². The van der Waals surface area contributed by atoms with Gasteiger partial charge in [-0.15, -0.1) is 0 Å². The molecule has 2 aliphatic rings. The van der Waals surface area contributed by atoms with Crippen molar-refractivity contribution in [2.45, 2.75) is 123 Å². The second-order valence-corrected chi connectivity index (χ2v) is 10.3. The Morgan fingerprint density at radius 3 is 2.30 bits per heavy atom. The Morgan fingerprint density at radius 1 is 1.00 bits per heavy atom. The Bertz CT molecular complexity index is 378. The lowest BCUT2D eigenvalue weighted by molar-refractivity contribution is -0.0110. The summed E-state index contributed by atoms with van der Waals surface area (Å²) in [7, 11) is 2.41. The van der Waals surface area contributed by atoms with Crippen molar-refractivity contribution in [3.63, 3.8) is 0 Å². The molecule has 27 heavy (non-hydrogen) atoms. The summed E-state index contributed by atoms with van der Waals surface area (Å²) in [6.45, 7) is 11.9. The van der Waals surface area contributed by atoms with Gasteiger partial charge in [-0.25, -0.2) is 0 Å². The van der Waals surface area contributed by atoms with Crippen molar-refractivity contribution in [1.82, 2.24) is 10.2 Å². The van der Waals surface area contributed by atoms with Crippen LogP contribution >= 0.6 is 0 Å². The minimum atomic E-state index is 0.694. The van der Waals surface area contributed by atoms with E-state index in [4.69, 9.17) is 0 Å². The number of unbranched alkanes of at least 4 members (excludes halogenated alkanes) is 3. The van der Waals surface area contributed by atoms with E-state index in [-0.39, 0.29) is 0 Å². The van der Waals surface area contributed by atoms with Gasteiger partial charge in [-0.2, -0.15) is 0 Å². The lowest BCUT2D eigenvalue weighted by atomic mass is 9.55. The predicted molar refractivity (Wildman–Crippen MR) is 120 cm³/mol. The molecule has 0 amide bonds. The van der Waals surface area contributed by atoms with Gasteiger partial charge >= 0.3 is 0 Å². The van der Waals surface area contributed by atoms with Gasteiger partial charge in [0, 0.05) is 18.6 Å². The van der Waals surface area contributed by atoms with Crippen LogP contribution in [-0.2, 0) is 0 Å². The Balaban J connectivity index is 1.63. The zero-order chi connectivity index (χ0) is 19.7. The summed E-state index contributed by atoms with van der Waals surface area (Å²) < 4.78 is 0. The molecule has 2 fully saturated rings. The number of nitrogens with zero attached hydrogens (tertiary/aromatic N) is 1. The molecule has 2 rings (SSSR count). The highest BCUT2D eigenvalue weighted by molar-refractivity contribution is 4.98. The third-order valence-corrected chi connectivity index (χ3v) is 8.04. The van der Waals surface area contributed by atoms with Crippen molar-refractivity contribution in [3.05, 3.63) is 0 Å². The Morgan fingerprint density at radius 2 is 1.70 bits per heavy atom. The van der Waals surface area contributed by atoms with Crippen LogP contribution in [0.15, 0.2) is 0 Å². The molecule has 2 atom stereocenters. The Labute approximate surface area is 171 Å². The van der Waals surface area contributed by atoms with Crippen LogP contribution in [0.1, 0.15) is 111 Å². The first-order valence-electron chi connectivity index (χ1n) is 12.5. The molecular formula is C25H50N2. The summed E-state index contributed by atoms with van der Waals surface area (Å²) in [6.07, 6.45) is 18.6. The lowest BCUT2D eigenvalue weighted by Crippen LogP contribution is -2.48. The summed E-state index contributed by atoms with van der Waals surface area (Å²) in [4.78, 5) is 2.74. The van der Waals surface area contributed by atoms with Gasteiger partial charge in [0.25, 0.3) is 0 Å². The number of rotatable bonds is 13. The van der Waals surface area contributed by atoms with Crippen LogP contribution in [0.5, 0.6) is 0 Å². The molecular weight excluding hydrogens is 328 g/mol. The highest BCUT2D eigenvalue weighted by Crippen LogP contribution is 2.55. The van der Waals surface area contributed by atoms with E-state index in [9.17, 15) is 0 Å². The van der Waals surface area contributed by atoms with Crippen LogP contribution in [0.4, 0.5) is 0 Å². The molecule has 1 N–H and O–H groups in total. The lowest BCUT2D eigenvalue weighted by Gasteiger charge is -2.53. The topological polar surface area (TPSA) is 15.3 Å². The largest absolute Gasteiger partial charge is 0.314 e. The maximum atomic E-state index is 3.73. The molecule has 0 aromatic carbocycles. The van der Waals surface area contributed by atoms with E-state index in [1.165, 1.54) is 96.6 Å².